The zero-order valence-corrected chi connectivity index (χ0v) is 27.4. The van der Waals surface area contributed by atoms with Gasteiger partial charge in [0, 0.05) is 0 Å². The first-order valence-electron chi connectivity index (χ1n) is 14.7. The van der Waals surface area contributed by atoms with Crippen LogP contribution in [0.15, 0.2) is 119 Å². The van der Waals surface area contributed by atoms with Crippen LogP contribution in [0, 0.1) is 13.8 Å². The molecule has 48 heavy (non-hydrogen) atoms. The lowest BCUT2D eigenvalue weighted by atomic mass is 9.98. The number of aryl methyl sites for hydroxylation is 2. The zero-order valence-electron chi connectivity index (χ0n) is 25.7. The molecule has 0 radical (unpaired) electrons. The fraction of sp³-hybridized carbons (Fsp3) is 0.235. The Bertz CT molecular complexity index is 1930. The van der Waals surface area contributed by atoms with Gasteiger partial charge >= 0.3 is 11.9 Å². The predicted molar refractivity (Wildman–Crippen MR) is 170 cm³/mol. The van der Waals surface area contributed by atoms with Gasteiger partial charge in [-0.1, -0.05) is 71.8 Å². The predicted octanol–water partition coefficient (Wildman–Crippen LogP) is 3.95. The monoisotopic (exact) mass is 696 g/mol. The maximum absolute atomic E-state index is 13.6. The fourth-order valence-corrected chi connectivity index (χ4v) is 6.80. The minimum Gasteiger partial charge on any atom is -0.452 e. The first kappa shape index (κ1) is 34.9. The van der Waals surface area contributed by atoms with Gasteiger partial charge in [-0.2, -0.15) is 16.8 Å². The van der Waals surface area contributed by atoms with Crippen LogP contribution in [0.25, 0.3) is 0 Å². The maximum Gasteiger partial charge on any atom is 0.338 e. The van der Waals surface area contributed by atoms with E-state index in [1.54, 1.807) is 62.4 Å². The number of aliphatic hydroxyl groups excluding tert-OH is 1. The van der Waals surface area contributed by atoms with Gasteiger partial charge in [0.15, 0.2) is 18.5 Å². The number of hydrogen-bond donors (Lipinski definition) is 1. The van der Waals surface area contributed by atoms with Crippen molar-refractivity contribution in [1.82, 2.24) is 0 Å². The van der Waals surface area contributed by atoms with Crippen LogP contribution < -0.4 is 0 Å². The van der Waals surface area contributed by atoms with E-state index in [4.69, 9.17) is 22.6 Å². The molecule has 0 unspecified atom stereocenters. The van der Waals surface area contributed by atoms with Gasteiger partial charge in [0.2, 0.25) is 0 Å². The highest BCUT2D eigenvalue weighted by molar-refractivity contribution is 7.87. The number of benzene rings is 4. The van der Waals surface area contributed by atoms with E-state index < -0.39 is 69.5 Å². The van der Waals surface area contributed by atoms with E-state index >= 15 is 0 Å². The molecular weight excluding hydrogens is 664 g/mol. The van der Waals surface area contributed by atoms with Crippen molar-refractivity contribution in [1.29, 1.82) is 0 Å². The smallest absolute Gasteiger partial charge is 0.338 e. The third-order valence-corrected chi connectivity index (χ3v) is 9.98. The Kier molecular flexibility index (Phi) is 10.7. The highest BCUT2D eigenvalue weighted by Gasteiger charge is 2.53. The molecule has 1 N–H and O–H groups in total. The van der Waals surface area contributed by atoms with Crippen LogP contribution in [-0.2, 0) is 42.8 Å². The number of carbonyl (C=O) groups is 2. The van der Waals surface area contributed by atoms with E-state index in [1.165, 1.54) is 60.7 Å². The Balaban J connectivity index is 1.54. The van der Waals surface area contributed by atoms with Crippen LogP contribution in [0.1, 0.15) is 31.8 Å². The van der Waals surface area contributed by atoms with Crippen LogP contribution in [-0.4, -0.2) is 71.2 Å². The standard InChI is InChI=1S/C34H32O12S2/c1-22-13-17-26(18-14-22)47(38,39)42-21-28-29(46-48(40,41)27-19-15-23(2)16-20-27)30(44-32(35)24-9-5-3-6-10-24)31(34(37)43-28)45-33(36)25-11-7-4-8-12-25/h3-20,28-31,34,37H,21H2,1-2H3/t28-,29-,30+,31-,34+/m1/s1. The molecule has 4 aromatic carbocycles. The summed E-state index contributed by atoms with van der Waals surface area (Å²) in [6.07, 6.45) is -9.34. The lowest BCUT2D eigenvalue weighted by molar-refractivity contribution is -0.278. The normalized spacial score (nSPS) is 21.3. The van der Waals surface area contributed by atoms with Gasteiger partial charge in [0.1, 0.15) is 12.2 Å². The SMILES string of the molecule is Cc1ccc(S(=O)(=O)OC[C@H]2O[C@H](O)[C@H](OC(=O)c3ccccc3)[C@@H](OC(=O)c3ccccc3)[C@@H]2OS(=O)(=O)c2ccc(C)cc2)cc1. The maximum atomic E-state index is 13.6. The summed E-state index contributed by atoms with van der Waals surface area (Å²) in [5.41, 5.74) is 1.66. The molecule has 1 heterocycles. The van der Waals surface area contributed by atoms with Crippen molar-refractivity contribution in [3.63, 3.8) is 0 Å². The molecule has 0 saturated carbocycles. The van der Waals surface area contributed by atoms with Crippen molar-refractivity contribution in [3.8, 4) is 0 Å². The van der Waals surface area contributed by atoms with Crippen LogP contribution in [0.3, 0.4) is 0 Å². The highest BCUT2D eigenvalue weighted by Crippen LogP contribution is 2.32. The van der Waals surface area contributed by atoms with E-state index in [0.717, 1.165) is 11.1 Å². The molecule has 5 atom stereocenters. The van der Waals surface area contributed by atoms with Crippen molar-refractivity contribution in [2.75, 3.05) is 6.61 Å². The Hall–Kier alpha value is -4.44. The fourth-order valence-electron chi connectivity index (χ4n) is 4.77. The second-order valence-corrected chi connectivity index (χ2v) is 14.1. The summed E-state index contributed by atoms with van der Waals surface area (Å²) in [6, 6.07) is 26.7. The summed E-state index contributed by atoms with van der Waals surface area (Å²) in [5, 5.41) is 11.1. The van der Waals surface area contributed by atoms with Crippen LogP contribution in [0.4, 0.5) is 0 Å². The quantitative estimate of drug-likeness (QED) is 0.177. The van der Waals surface area contributed by atoms with Gasteiger partial charge in [-0.25, -0.2) is 9.59 Å². The molecule has 1 fully saturated rings. The second kappa shape index (κ2) is 14.8. The van der Waals surface area contributed by atoms with E-state index in [1.807, 2.05) is 0 Å². The lowest BCUT2D eigenvalue weighted by Gasteiger charge is -2.42. The van der Waals surface area contributed by atoms with Gasteiger partial charge in [-0.05, 0) is 62.4 Å². The third kappa shape index (κ3) is 8.34. The van der Waals surface area contributed by atoms with E-state index in [0.29, 0.717) is 0 Å². The summed E-state index contributed by atoms with van der Waals surface area (Å²) >= 11 is 0. The Morgan fingerprint density at radius 2 is 1.06 bits per heavy atom. The first-order valence-corrected chi connectivity index (χ1v) is 17.5. The Morgan fingerprint density at radius 3 is 1.54 bits per heavy atom. The summed E-state index contributed by atoms with van der Waals surface area (Å²) in [4.78, 5) is 26.0. The van der Waals surface area contributed by atoms with E-state index in [2.05, 4.69) is 0 Å². The Morgan fingerprint density at radius 1 is 0.625 bits per heavy atom. The largest absolute Gasteiger partial charge is 0.452 e. The molecule has 1 saturated heterocycles. The third-order valence-electron chi connectivity index (χ3n) is 7.36. The van der Waals surface area contributed by atoms with Crippen LogP contribution >= 0.6 is 0 Å². The number of aliphatic hydroxyl groups is 1. The molecule has 14 heteroatoms. The van der Waals surface area contributed by atoms with Gasteiger partial charge in [0.05, 0.1) is 27.5 Å². The molecule has 0 aliphatic carbocycles. The van der Waals surface area contributed by atoms with E-state index in [9.17, 15) is 31.5 Å². The Labute approximate surface area is 278 Å². The molecule has 252 valence electrons. The van der Waals surface area contributed by atoms with Gasteiger partial charge < -0.3 is 19.3 Å². The zero-order chi connectivity index (χ0) is 34.5. The molecule has 5 rings (SSSR count). The molecule has 0 aromatic heterocycles. The van der Waals surface area contributed by atoms with Crippen molar-refractivity contribution in [3.05, 3.63) is 131 Å². The molecule has 0 bridgehead atoms. The summed E-state index contributed by atoms with van der Waals surface area (Å²) in [7, 11) is -9.10. The molecule has 0 amide bonds. The summed E-state index contributed by atoms with van der Waals surface area (Å²) in [6.45, 7) is 2.63. The summed E-state index contributed by atoms with van der Waals surface area (Å²) in [5.74, 6) is -1.94. The topological polar surface area (TPSA) is 169 Å². The minimum atomic E-state index is -4.67. The van der Waals surface area contributed by atoms with Crippen molar-refractivity contribution >= 4 is 32.2 Å². The van der Waals surface area contributed by atoms with Crippen LogP contribution in [0.5, 0.6) is 0 Å². The summed E-state index contributed by atoms with van der Waals surface area (Å²) < 4.78 is 81.1. The lowest BCUT2D eigenvalue weighted by Crippen LogP contribution is -2.62. The molecule has 1 aliphatic heterocycles. The molecule has 4 aromatic rings. The van der Waals surface area contributed by atoms with Gasteiger partial charge in [-0.3, -0.25) is 8.37 Å². The molecular formula is C34H32O12S2. The average molecular weight is 697 g/mol. The molecule has 0 spiro atoms. The number of rotatable bonds is 11. The number of hydrogen-bond acceptors (Lipinski definition) is 12. The van der Waals surface area contributed by atoms with Gasteiger partial charge in [-0.15, -0.1) is 0 Å². The van der Waals surface area contributed by atoms with Crippen molar-refractivity contribution in [2.24, 2.45) is 0 Å². The number of carbonyl (C=O) groups excluding carboxylic acids is 2. The van der Waals surface area contributed by atoms with Crippen LogP contribution in [0.2, 0.25) is 0 Å². The minimum absolute atomic E-state index is 0.0431. The first-order chi connectivity index (χ1) is 22.8. The molecule has 1 aliphatic rings. The number of ether oxygens (including phenoxy) is 3. The molecule has 12 nitrogen and oxygen atoms in total. The van der Waals surface area contributed by atoms with E-state index in [-0.39, 0.29) is 20.9 Å². The van der Waals surface area contributed by atoms with Gasteiger partial charge in [0.25, 0.3) is 20.2 Å². The second-order valence-electron chi connectivity index (χ2n) is 10.9. The number of esters is 2. The average Bonchev–Trinajstić information content (AvgIpc) is 3.07. The highest BCUT2D eigenvalue weighted by atomic mass is 32.2. The van der Waals surface area contributed by atoms with Crippen molar-refractivity contribution < 1.29 is 54.1 Å². The van der Waals surface area contributed by atoms with Crippen molar-refractivity contribution in [2.45, 2.75) is 54.3 Å².